The molecule has 164 valence electrons. The third-order valence-corrected chi connectivity index (χ3v) is 5.76. The molecule has 0 saturated carbocycles. The number of hydrogen-bond acceptors (Lipinski definition) is 4. The van der Waals surface area contributed by atoms with E-state index in [-0.39, 0.29) is 38.8 Å². The number of nitrogens with two attached hydrogens (primary N) is 2. The highest BCUT2D eigenvalue weighted by Gasteiger charge is 2.33. The number of primary amides is 1. The van der Waals surface area contributed by atoms with Gasteiger partial charge in [0.15, 0.2) is 0 Å². The lowest BCUT2D eigenvalue weighted by Crippen LogP contribution is -2.20. The second-order valence-electron chi connectivity index (χ2n) is 6.43. The number of carbonyl (C=O) groups is 1. The first-order valence-electron chi connectivity index (χ1n) is 8.33. The van der Waals surface area contributed by atoms with E-state index in [0.717, 1.165) is 4.68 Å². The quantitative estimate of drug-likeness (QED) is 0.565. The van der Waals surface area contributed by atoms with Crippen LogP contribution in [0.4, 0.5) is 13.2 Å². The average molecular weight is 493 g/mol. The Bertz CT molecular complexity index is 1290. The zero-order valence-electron chi connectivity index (χ0n) is 15.3. The Morgan fingerprint density at radius 2 is 1.84 bits per heavy atom. The zero-order chi connectivity index (χ0) is 23.1. The normalized spacial score (nSPS) is 12.2. The van der Waals surface area contributed by atoms with E-state index in [9.17, 15) is 26.4 Å². The fourth-order valence-electron chi connectivity index (χ4n) is 3.00. The number of benzene rings is 2. The number of nitrogens with zero attached hydrogens (tertiary/aromatic N) is 2. The van der Waals surface area contributed by atoms with Crippen LogP contribution >= 0.6 is 23.2 Å². The number of halogens is 5. The number of hydrogen-bond donors (Lipinski definition) is 2. The summed E-state index contributed by atoms with van der Waals surface area (Å²) >= 11 is 12.2. The predicted octanol–water partition coefficient (Wildman–Crippen LogP) is 3.54. The Labute approximate surface area is 184 Å². The van der Waals surface area contributed by atoms with Gasteiger partial charge in [0, 0.05) is 27.4 Å². The zero-order valence-corrected chi connectivity index (χ0v) is 17.6. The van der Waals surface area contributed by atoms with Crippen LogP contribution in [0.5, 0.6) is 0 Å². The first-order valence-corrected chi connectivity index (χ1v) is 10.6. The molecule has 0 spiro atoms. The molecule has 0 radical (unpaired) electrons. The molecule has 7 nitrogen and oxygen atoms in total. The summed E-state index contributed by atoms with van der Waals surface area (Å²) < 4.78 is 64.9. The number of alkyl halides is 3. The molecule has 0 fully saturated rings. The summed E-state index contributed by atoms with van der Waals surface area (Å²) in [5.74, 6) is -0.780. The molecule has 0 saturated heterocycles. The van der Waals surface area contributed by atoms with Crippen molar-refractivity contribution in [3.63, 3.8) is 0 Å². The number of aromatic nitrogens is 2. The first-order chi connectivity index (χ1) is 14.3. The van der Waals surface area contributed by atoms with Crippen LogP contribution in [-0.4, -0.2) is 24.1 Å². The predicted molar refractivity (Wildman–Crippen MR) is 108 cm³/mol. The monoisotopic (exact) mass is 492 g/mol. The average Bonchev–Trinajstić information content (AvgIpc) is 3.11. The van der Waals surface area contributed by atoms with Crippen LogP contribution in [0.3, 0.4) is 0 Å². The lowest BCUT2D eigenvalue weighted by atomic mass is 9.96. The lowest BCUT2D eigenvalue weighted by Gasteiger charge is -2.18. The molecule has 0 aliphatic rings. The van der Waals surface area contributed by atoms with Gasteiger partial charge in [-0.2, -0.15) is 18.3 Å². The summed E-state index contributed by atoms with van der Waals surface area (Å²) in [7, 11) is -4.56. The topological polar surface area (TPSA) is 121 Å². The molecule has 1 aromatic heterocycles. The van der Waals surface area contributed by atoms with Crippen molar-refractivity contribution in [2.45, 2.75) is 17.5 Å². The van der Waals surface area contributed by atoms with Crippen LogP contribution in [0.15, 0.2) is 47.6 Å². The van der Waals surface area contributed by atoms with E-state index in [1.165, 1.54) is 30.3 Å². The minimum Gasteiger partial charge on any atom is -0.369 e. The summed E-state index contributed by atoms with van der Waals surface area (Å²) in [5, 5.41) is 9.32. The highest BCUT2D eigenvalue weighted by Crippen LogP contribution is 2.40. The van der Waals surface area contributed by atoms with Gasteiger partial charge in [-0.15, -0.1) is 0 Å². The molecule has 4 N–H and O–H groups in total. The van der Waals surface area contributed by atoms with Gasteiger partial charge < -0.3 is 5.73 Å². The molecular formula is C18H13Cl2F3N4O3S. The van der Waals surface area contributed by atoms with Crippen molar-refractivity contribution in [1.29, 1.82) is 0 Å². The van der Waals surface area contributed by atoms with Crippen molar-refractivity contribution in [1.82, 2.24) is 9.78 Å². The third-order valence-electron chi connectivity index (χ3n) is 4.23. The lowest BCUT2D eigenvalue weighted by molar-refractivity contribution is -0.137. The maximum atomic E-state index is 13.0. The summed E-state index contributed by atoms with van der Waals surface area (Å²) in [6.07, 6.45) is -3.93. The Morgan fingerprint density at radius 1 is 1.16 bits per heavy atom. The first kappa shape index (κ1) is 23.1. The molecule has 2 aromatic carbocycles. The maximum absolute atomic E-state index is 13.0. The fraction of sp³-hybridized carbons (Fsp3) is 0.111. The van der Waals surface area contributed by atoms with Crippen molar-refractivity contribution in [3.05, 3.63) is 63.9 Å². The molecule has 1 heterocycles. The summed E-state index contributed by atoms with van der Waals surface area (Å²) in [4.78, 5) is 11.0. The van der Waals surface area contributed by atoms with Crippen molar-refractivity contribution in [3.8, 4) is 16.8 Å². The molecule has 1 amide bonds. The highest BCUT2D eigenvalue weighted by molar-refractivity contribution is 7.89. The molecule has 0 bridgehead atoms. The van der Waals surface area contributed by atoms with E-state index in [1.54, 1.807) is 0 Å². The Morgan fingerprint density at radius 3 is 2.35 bits per heavy atom. The number of carbonyl (C=O) groups excluding carboxylic acids is 1. The van der Waals surface area contributed by atoms with Gasteiger partial charge in [0.05, 0.1) is 23.9 Å². The van der Waals surface area contributed by atoms with Crippen LogP contribution in [0.25, 0.3) is 16.8 Å². The third kappa shape index (κ3) is 4.85. The summed E-state index contributed by atoms with van der Waals surface area (Å²) in [6, 6.07) is 6.67. The maximum Gasteiger partial charge on any atom is 0.419 e. The summed E-state index contributed by atoms with van der Waals surface area (Å²) in [6.45, 7) is 0. The molecule has 0 aliphatic heterocycles. The minimum absolute atomic E-state index is 0.0247. The number of rotatable bonds is 5. The fourth-order valence-corrected chi connectivity index (χ4v) is 4.49. The minimum atomic E-state index is -4.70. The molecule has 13 heteroatoms. The van der Waals surface area contributed by atoms with Gasteiger partial charge in [0.25, 0.3) is 0 Å². The van der Waals surface area contributed by atoms with Gasteiger partial charge in [0.2, 0.25) is 15.9 Å². The van der Waals surface area contributed by atoms with Crippen molar-refractivity contribution >= 4 is 39.1 Å². The Hall–Kier alpha value is -2.60. The van der Waals surface area contributed by atoms with Gasteiger partial charge >= 0.3 is 6.18 Å². The smallest absolute Gasteiger partial charge is 0.369 e. The van der Waals surface area contributed by atoms with Crippen LogP contribution in [0.1, 0.15) is 11.1 Å². The van der Waals surface area contributed by atoms with E-state index >= 15 is 0 Å². The van der Waals surface area contributed by atoms with Crippen molar-refractivity contribution < 1.29 is 26.4 Å². The van der Waals surface area contributed by atoms with E-state index in [1.807, 2.05) is 0 Å². The Balaban J connectivity index is 2.42. The SMILES string of the molecule is NC(=O)Cc1ccc(-n2cc(C(F)(F)F)cn2)c(S(N)(=O)=O)c1-c1ccc(Cl)cc1Cl. The number of primary sulfonamides is 1. The van der Waals surface area contributed by atoms with E-state index in [2.05, 4.69) is 5.10 Å². The van der Waals surface area contributed by atoms with Gasteiger partial charge in [0.1, 0.15) is 4.90 Å². The molecule has 31 heavy (non-hydrogen) atoms. The van der Waals surface area contributed by atoms with Gasteiger partial charge in [-0.05, 0) is 23.8 Å². The highest BCUT2D eigenvalue weighted by atomic mass is 35.5. The van der Waals surface area contributed by atoms with Crippen LogP contribution in [0, 0.1) is 0 Å². The van der Waals surface area contributed by atoms with Gasteiger partial charge in [-0.25, -0.2) is 18.2 Å². The molecule has 0 atom stereocenters. The second kappa shape index (κ2) is 8.15. The molecule has 0 aliphatic carbocycles. The number of amides is 1. The molecule has 3 aromatic rings. The molecular weight excluding hydrogens is 480 g/mol. The van der Waals surface area contributed by atoms with Crippen molar-refractivity contribution in [2.24, 2.45) is 10.9 Å². The van der Waals surface area contributed by atoms with Crippen LogP contribution in [-0.2, 0) is 27.4 Å². The van der Waals surface area contributed by atoms with Gasteiger partial charge in [-0.1, -0.05) is 35.3 Å². The number of sulfonamides is 1. The van der Waals surface area contributed by atoms with Gasteiger partial charge in [-0.3, -0.25) is 4.79 Å². The summed E-state index contributed by atoms with van der Waals surface area (Å²) in [5.41, 5.74) is 4.10. The molecule has 0 unspecified atom stereocenters. The van der Waals surface area contributed by atoms with E-state index < -0.39 is 32.6 Å². The standard InChI is InChI=1S/C18H13Cl2F3N4O3S/c19-11-2-3-12(13(20)6-11)16-9(5-15(24)28)1-4-14(17(16)31(25,29)30)27-8-10(7-26-27)18(21,22)23/h1-4,6-8H,5H2,(H2,24,28)(H2,25,29,30). The van der Waals surface area contributed by atoms with Crippen molar-refractivity contribution in [2.75, 3.05) is 0 Å². The second-order valence-corrected chi connectivity index (χ2v) is 8.77. The van der Waals surface area contributed by atoms with Crippen LogP contribution in [0.2, 0.25) is 10.0 Å². The molecule has 3 rings (SSSR count). The largest absolute Gasteiger partial charge is 0.419 e. The van der Waals surface area contributed by atoms with E-state index in [0.29, 0.717) is 12.4 Å². The van der Waals surface area contributed by atoms with Crippen LogP contribution < -0.4 is 10.9 Å². The van der Waals surface area contributed by atoms with E-state index in [4.69, 9.17) is 34.1 Å². The Kier molecular flexibility index (Phi) is 6.07.